The molecule has 1 aliphatic heterocycles. The number of allylic oxidation sites excluding steroid dienone is 1. The van der Waals surface area contributed by atoms with Gasteiger partial charge in [0.05, 0.1) is 16.1 Å². The van der Waals surface area contributed by atoms with E-state index in [4.69, 9.17) is 15.7 Å². The summed E-state index contributed by atoms with van der Waals surface area (Å²) in [5.74, 6) is -1.62. The Bertz CT molecular complexity index is 1220. The Kier molecular flexibility index (Phi) is 6.13. The zero-order valence-electron chi connectivity index (χ0n) is 17.0. The molecule has 0 spiro atoms. The molecule has 9 heteroatoms. The molecular weight excluding hydrogens is 418 g/mol. The van der Waals surface area contributed by atoms with E-state index in [0.717, 1.165) is 5.56 Å². The third-order valence-electron chi connectivity index (χ3n) is 4.89. The van der Waals surface area contributed by atoms with Crippen molar-refractivity contribution in [3.05, 3.63) is 70.9 Å². The van der Waals surface area contributed by atoms with Crippen LogP contribution in [-0.4, -0.2) is 32.8 Å². The normalized spacial score (nSPS) is 16.2. The highest BCUT2D eigenvalue weighted by Crippen LogP contribution is 2.36. The first-order valence-electron chi connectivity index (χ1n) is 9.46. The minimum Gasteiger partial charge on any atom is -0.454 e. The maximum Gasteiger partial charge on any atom is 0.338 e. The molecule has 31 heavy (non-hydrogen) atoms. The summed E-state index contributed by atoms with van der Waals surface area (Å²) in [7, 11) is -3.93. The van der Waals surface area contributed by atoms with E-state index in [1.165, 1.54) is 35.5 Å². The van der Waals surface area contributed by atoms with Crippen molar-refractivity contribution >= 4 is 27.5 Å². The number of esters is 1. The summed E-state index contributed by atoms with van der Waals surface area (Å²) in [6.07, 6.45) is 0.592. The molecule has 160 valence electrons. The van der Waals surface area contributed by atoms with Crippen LogP contribution in [0.1, 0.15) is 29.8 Å². The van der Waals surface area contributed by atoms with Crippen LogP contribution in [0.25, 0.3) is 0 Å². The van der Waals surface area contributed by atoms with Crippen molar-refractivity contribution < 1.29 is 22.7 Å². The minimum absolute atomic E-state index is 0.0247. The van der Waals surface area contributed by atoms with Gasteiger partial charge < -0.3 is 10.5 Å². The highest BCUT2D eigenvalue weighted by molar-refractivity contribution is 7.92. The first kappa shape index (κ1) is 22.1. The molecule has 1 atom stereocenters. The third kappa shape index (κ3) is 4.29. The molecule has 0 radical (unpaired) electrons. The zero-order chi connectivity index (χ0) is 22.8. The van der Waals surface area contributed by atoms with Crippen LogP contribution < -0.4 is 10.0 Å². The number of ether oxygens (including phenoxy) is 1. The predicted molar refractivity (Wildman–Crippen MR) is 114 cm³/mol. The molecule has 0 bridgehead atoms. The van der Waals surface area contributed by atoms with Crippen LogP contribution in [0.5, 0.6) is 0 Å². The van der Waals surface area contributed by atoms with Crippen molar-refractivity contribution in [2.75, 3.05) is 10.9 Å². The quantitative estimate of drug-likeness (QED) is 0.415. The van der Waals surface area contributed by atoms with Crippen LogP contribution in [0, 0.1) is 11.3 Å². The van der Waals surface area contributed by atoms with Gasteiger partial charge in [-0.3, -0.25) is 9.10 Å². The average molecular weight is 439 g/mol. The number of para-hydroxylation sites is 1. The SMILES string of the molecule is C/C(N)=C(\C#N)C(=O)COC(=O)c1cccc(S(=O)(=O)N2c3ccccc3CC2C)c1. The van der Waals surface area contributed by atoms with Gasteiger partial charge in [0.15, 0.2) is 6.61 Å². The van der Waals surface area contributed by atoms with Gasteiger partial charge in [0, 0.05) is 11.7 Å². The number of sulfonamides is 1. The second kappa shape index (κ2) is 8.62. The Balaban J connectivity index is 1.83. The minimum atomic E-state index is -3.93. The van der Waals surface area contributed by atoms with Crippen molar-refractivity contribution in [3.8, 4) is 6.07 Å². The van der Waals surface area contributed by atoms with E-state index in [0.29, 0.717) is 12.1 Å². The van der Waals surface area contributed by atoms with Gasteiger partial charge in [0.25, 0.3) is 10.0 Å². The van der Waals surface area contributed by atoms with Gasteiger partial charge in [-0.2, -0.15) is 5.26 Å². The second-order valence-electron chi connectivity index (χ2n) is 7.18. The summed E-state index contributed by atoms with van der Waals surface area (Å²) in [6.45, 7) is 2.54. The van der Waals surface area contributed by atoms with E-state index in [1.807, 2.05) is 19.1 Å². The zero-order valence-corrected chi connectivity index (χ0v) is 17.8. The fourth-order valence-electron chi connectivity index (χ4n) is 3.46. The van der Waals surface area contributed by atoms with E-state index >= 15 is 0 Å². The number of nitrogens with two attached hydrogens (primary N) is 1. The number of anilines is 1. The molecule has 1 unspecified atom stereocenters. The lowest BCUT2D eigenvalue weighted by Crippen LogP contribution is -2.35. The predicted octanol–water partition coefficient (Wildman–Crippen LogP) is 2.31. The van der Waals surface area contributed by atoms with Gasteiger partial charge in [-0.05, 0) is 50.1 Å². The van der Waals surface area contributed by atoms with E-state index in [9.17, 15) is 18.0 Å². The number of benzene rings is 2. The number of nitriles is 1. The van der Waals surface area contributed by atoms with Crippen molar-refractivity contribution in [1.29, 1.82) is 5.26 Å². The topological polar surface area (TPSA) is 131 Å². The molecule has 0 fully saturated rings. The maximum absolute atomic E-state index is 13.3. The molecule has 0 aliphatic carbocycles. The molecule has 2 aromatic carbocycles. The van der Waals surface area contributed by atoms with Gasteiger partial charge in [0.1, 0.15) is 11.6 Å². The largest absolute Gasteiger partial charge is 0.454 e. The molecule has 0 aromatic heterocycles. The Morgan fingerprint density at radius 2 is 1.94 bits per heavy atom. The van der Waals surface area contributed by atoms with E-state index in [1.54, 1.807) is 18.2 Å². The summed E-state index contributed by atoms with van der Waals surface area (Å²) in [5.41, 5.74) is 6.72. The van der Waals surface area contributed by atoms with Crippen molar-refractivity contribution in [1.82, 2.24) is 0 Å². The van der Waals surface area contributed by atoms with Gasteiger partial charge in [-0.1, -0.05) is 24.3 Å². The lowest BCUT2D eigenvalue weighted by atomic mass is 10.1. The van der Waals surface area contributed by atoms with E-state index in [2.05, 4.69) is 0 Å². The number of rotatable bonds is 6. The molecular formula is C22H21N3O5S. The number of carbonyl (C=O) groups excluding carboxylic acids is 2. The van der Waals surface area contributed by atoms with Crippen molar-refractivity contribution in [3.63, 3.8) is 0 Å². The smallest absolute Gasteiger partial charge is 0.338 e. The fraction of sp³-hybridized carbons (Fsp3) is 0.227. The number of hydrogen-bond donors (Lipinski definition) is 1. The van der Waals surface area contributed by atoms with Crippen LogP contribution in [0.2, 0.25) is 0 Å². The summed E-state index contributed by atoms with van der Waals surface area (Å²) in [6, 6.07) is 14.1. The van der Waals surface area contributed by atoms with Crippen molar-refractivity contribution in [2.24, 2.45) is 5.73 Å². The number of nitrogens with zero attached hydrogens (tertiary/aromatic N) is 2. The summed E-state index contributed by atoms with van der Waals surface area (Å²) < 4.78 is 32.9. The van der Waals surface area contributed by atoms with E-state index < -0.39 is 28.4 Å². The Hall–Kier alpha value is -3.64. The molecule has 1 heterocycles. The number of Topliss-reactive ketones (excluding diaryl/α,β-unsaturated/α-hetero) is 1. The Labute approximate surface area is 180 Å². The number of ketones is 1. The third-order valence-corrected chi connectivity index (χ3v) is 6.81. The second-order valence-corrected chi connectivity index (χ2v) is 8.99. The van der Waals surface area contributed by atoms with Crippen LogP contribution in [0.4, 0.5) is 5.69 Å². The summed E-state index contributed by atoms with van der Waals surface area (Å²) in [5, 5.41) is 8.95. The number of fused-ring (bicyclic) bond motifs is 1. The van der Waals surface area contributed by atoms with Gasteiger partial charge in [-0.15, -0.1) is 0 Å². The molecule has 3 rings (SSSR count). The summed E-state index contributed by atoms with van der Waals surface area (Å²) >= 11 is 0. The Morgan fingerprint density at radius 1 is 1.23 bits per heavy atom. The van der Waals surface area contributed by atoms with Crippen molar-refractivity contribution in [2.45, 2.75) is 31.2 Å². The molecule has 2 aromatic rings. The van der Waals surface area contributed by atoms with Crippen LogP contribution >= 0.6 is 0 Å². The molecule has 0 saturated carbocycles. The number of carbonyl (C=O) groups is 2. The lowest BCUT2D eigenvalue weighted by molar-refractivity contribution is -0.118. The highest BCUT2D eigenvalue weighted by atomic mass is 32.2. The van der Waals surface area contributed by atoms with Crippen LogP contribution in [0.3, 0.4) is 0 Å². The molecule has 8 nitrogen and oxygen atoms in total. The average Bonchev–Trinajstić information content (AvgIpc) is 3.08. The molecule has 0 saturated heterocycles. The monoisotopic (exact) mass is 439 g/mol. The molecule has 2 N–H and O–H groups in total. The number of hydrogen-bond acceptors (Lipinski definition) is 7. The van der Waals surface area contributed by atoms with Gasteiger partial charge in [0.2, 0.25) is 5.78 Å². The summed E-state index contributed by atoms with van der Waals surface area (Å²) in [4.78, 5) is 24.3. The Morgan fingerprint density at radius 3 is 2.61 bits per heavy atom. The van der Waals surface area contributed by atoms with Crippen LogP contribution in [0.15, 0.2) is 64.7 Å². The van der Waals surface area contributed by atoms with Gasteiger partial charge >= 0.3 is 5.97 Å². The molecule has 0 amide bonds. The molecule has 1 aliphatic rings. The first-order valence-corrected chi connectivity index (χ1v) is 10.9. The van der Waals surface area contributed by atoms with Crippen LogP contribution in [-0.2, 0) is 26.0 Å². The fourth-order valence-corrected chi connectivity index (χ4v) is 5.20. The first-order chi connectivity index (χ1) is 14.7. The lowest BCUT2D eigenvalue weighted by Gasteiger charge is -2.24. The standard InChI is InChI=1S/C22H21N3O5S/c1-14-10-16-6-3-4-9-20(16)25(14)31(28,29)18-8-5-7-17(11-18)22(27)30-13-21(26)19(12-23)15(2)24/h3-9,11,14H,10,13,24H2,1-2H3/b19-15-. The maximum atomic E-state index is 13.3. The van der Waals surface area contributed by atoms with Gasteiger partial charge in [-0.25, -0.2) is 13.2 Å². The highest BCUT2D eigenvalue weighted by Gasteiger charge is 2.36. The van der Waals surface area contributed by atoms with E-state index in [-0.39, 0.29) is 27.8 Å².